The highest BCUT2D eigenvalue weighted by Gasteiger charge is 2.30. The summed E-state index contributed by atoms with van der Waals surface area (Å²) in [5, 5.41) is 3.21. The van der Waals surface area contributed by atoms with Gasteiger partial charge >= 0.3 is 0 Å². The van der Waals surface area contributed by atoms with Crippen molar-refractivity contribution < 1.29 is 9.00 Å². The number of nitrogens with one attached hydrogen (secondary N) is 1. The van der Waals surface area contributed by atoms with Crippen LogP contribution in [0.15, 0.2) is 0 Å². The Balaban J connectivity index is 2.46. The fourth-order valence-electron chi connectivity index (χ4n) is 1.87. The van der Waals surface area contributed by atoms with Crippen molar-refractivity contribution in [2.75, 3.05) is 24.6 Å². The fraction of sp³-hybridized carbons (Fsp3) is 0.909. The van der Waals surface area contributed by atoms with Crippen molar-refractivity contribution in [3.63, 3.8) is 0 Å². The van der Waals surface area contributed by atoms with Crippen molar-refractivity contribution in [3.05, 3.63) is 0 Å². The Morgan fingerprint density at radius 3 is 2.81 bits per heavy atom. The zero-order valence-electron chi connectivity index (χ0n) is 10.4. The Bertz CT molecular complexity index is 269. The van der Waals surface area contributed by atoms with E-state index in [1.807, 2.05) is 11.8 Å². The third-order valence-electron chi connectivity index (χ3n) is 2.76. The van der Waals surface area contributed by atoms with Gasteiger partial charge < -0.3 is 4.90 Å². The third kappa shape index (κ3) is 3.87. The van der Waals surface area contributed by atoms with Gasteiger partial charge in [-0.25, -0.2) is 0 Å². The quantitative estimate of drug-likeness (QED) is 0.745. The van der Waals surface area contributed by atoms with Gasteiger partial charge in [0.05, 0.1) is 12.7 Å². The Morgan fingerprint density at radius 1 is 1.56 bits per heavy atom. The van der Waals surface area contributed by atoms with Gasteiger partial charge in [-0.05, 0) is 12.3 Å². The molecule has 2 atom stereocenters. The van der Waals surface area contributed by atoms with Crippen LogP contribution in [0.1, 0.15) is 27.2 Å². The SMILES string of the molecule is CCS(=O)CCN1C(=O)CNC1CC(C)C. The van der Waals surface area contributed by atoms with Crippen molar-refractivity contribution in [1.82, 2.24) is 10.2 Å². The molecule has 1 saturated heterocycles. The van der Waals surface area contributed by atoms with Gasteiger partial charge in [0.15, 0.2) is 0 Å². The molecule has 4 nitrogen and oxygen atoms in total. The van der Waals surface area contributed by atoms with Crippen LogP contribution in [0.5, 0.6) is 0 Å². The normalized spacial score (nSPS) is 23.1. The van der Waals surface area contributed by atoms with E-state index in [9.17, 15) is 9.00 Å². The van der Waals surface area contributed by atoms with E-state index in [1.54, 1.807) is 0 Å². The molecule has 1 aliphatic heterocycles. The van der Waals surface area contributed by atoms with E-state index < -0.39 is 10.8 Å². The predicted octanol–water partition coefficient (Wildman–Crippen LogP) is 0.559. The van der Waals surface area contributed by atoms with Gasteiger partial charge in [-0.15, -0.1) is 0 Å². The summed E-state index contributed by atoms with van der Waals surface area (Å²) < 4.78 is 11.4. The minimum absolute atomic E-state index is 0.138. The topological polar surface area (TPSA) is 49.4 Å². The summed E-state index contributed by atoms with van der Waals surface area (Å²) in [6.07, 6.45) is 1.10. The van der Waals surface area contributed by atoms with Crippen LogP contribution in [0.3, 0.4) is 0 Å². The molecule has 0 spiro atoms. The second kappa shape index (κ2) is 6.35. The van der Waals surface area contributed by atoms with E-state index in [4.69, 9.17) is 0 Å². The van der Waals surface area contributed by atoms with E-state index in [2.05, 4.69) is 19.2 Å². The first kappa shape index (κ1) is 13.6. The van der Waals surface area contributed by atoms with E-state index in [0.29, 0.717) is 30.5 Å². The molecule has 2 unspecified atom stereocenters. The zero-order valence-corrected chi connectivity index (χ0v) is 11.2. The lowest BCUT2D eigenvalue weighted by molar-refractivity contribution is -0.127. The number of carbonyl (C=O) groups excluding carboxylic acids is 1. The molecule has 0 aromatic carbocycles. The molecule has 1 N–H and O–H groups in total. The zero-order chi connectivity index (χ0) is 12.1. The van der Waals surface area contributed by atoms with Crippen LogP contribution in [0.2, 0.25) is 0 Å². The molecule has 0 saturated carbocycles. The average molecular weight is 246 g/mol. The van der Waals surface area contributed by atoms with Crippen LogP contribution < -0.4 is 5.32 Å². The van der Waals surface area contributed by atoms with Gasteiger partial charge in [0, 0.05) is 28.9 Å². The Hall–Kier alpha value is -0.420. The summed E-state index contributed by atoms with van der Waals surface area (Å²) in [5.41, 5.74) is 0. The van der Waals surface area contributed by atoms with Crippen molar-refractivity contribution in [1.29, 1.82) is 0 Å². The number of hydrogen-bond donors (Lipinski definition) is 1. The summed E-state index contributed by atoms with van der Waals surface area (Å²) in [6, 6.07) is 0. The van der Waals surface area contributed by atoms with Crippen LogP contribution >= 0.6 is 0 Å². The van der Waals surface area contributed by atoms with E-state index in [-0.39, 0.29) is 12.1 Å². The largest absolute Gasteiger partial charge is 0.325 e. The van der Waals surface area contributed by atoms with E-state index in [1.165, 1.54) is 0 Å². The van der Waals surface area contributed by atoms with E-state index >= 15 is 0 Å². The minimum Gasteiger partial charge on any atom is -0.325 e. The Labute approximate surface area is 100 Å². The van der Waals surface area contributed by atoms with Gasteiger partial charge in [-0.3, -0.25) is 14.3 Å². The highest BCUT2D eigenvalue weighted by Crippen LogP contribution is 2.13. The number of amides is 1. The Kier molecular flexibility index (Phi) is 5.41. The van der Waals surface area contributed by atoms with Gasteiger partial charge in [0.25, 0.3) is 0 Å². The summed E-state index contributed by atoms with van der Waals surface area (Å²) in [5.74, 6) is 1.96. The van der Waals surface area contributed by atoms with Crippen LogP contribution in [0, 0.1) is 5.92 Å². The molecule has 0 bridgehead atoms. The maximum atomic E-state index is 11.6. The molecular weight excluding hydrogens is 224 g/mol. The maximum absolute atomic E-state index is 11.6. The monoisotopic (exact) mass is 246 g/mol. The van der Waals surface area contributed by atoms with Gasteiger partial charge in [0.1, 0.15) is 0 Å². The van der Waals surface area contributed by atoms with Gasteiger partial charge in [0.2, 0.25) is 5.91 Å². The maximum Gasteiger partial charge on any atom is 0.237 e. The van der Waals surface area contributed by atoms with Gasteiger partial charge in [-0.2, -0.15) is 0 Å². The molecule has 0 radical (unpaired) electrons. The first-order valence-electron chi connectivity index (χ1n) is 5.92. The lowest BCUT2D eigenvalue weighted by atomic mass is 10.1. The van der Waals surface area contributed by atoms with Crippen LogP contribution in [-0.2, 0) is 15.6 Å². The molecule has 94 valence electrons. The molecular formula is C11H22N2O2S. The van der Waals surface area contributed by atoms with Crippen LogP contribution in [-0.4, -0.2) is 45.8 Å². The lowest BCUT2D eigenvalue weighted by Crippen LogP contribution is -2.40. The molecule has 0 aromatic rings. The van der Waals surface area contributed by atoms with Crippen LogP contribution in [0.4, 0.5) is 0 Å². The van der Waals surface area contributed by atoms with Crippen LogP contribution in [0.25, 0.3) is 0 Å². The molecule has 16 heavy (non-hydrogen) atoms. The van der Waals surface area contributed by atoms with E-state index in [0.717, 1.165) is 6.42 Å². The summed E-state index contributed by atoms with van der Waals surface area (Å²) in [7, 11) is -0.787. The number of rotatable bonds is 6. The predicted molar refractivity (Wildman–Crippen MR) is 66.5 cm³/mol. The summed E-state index contributed by atoms with van der Waals surface area (Å²) in [6.45, 7) is 7.24. The molecule has 1 amide bonds. The summed E-state index contributed by atoms with van der Waals surface area (Å²) in [4.78, 5) is 13.5. The molecule has 0 aliphatic carbocycles. The molecule has 1 aliphatic rings. The molecule has 1 heterocycles. The third-order valence-corrected chi connectivity index (χ3v) is 4.04. The van der Waals surface area contributed by atoms with Crippen molar-refractivity contribution >= 4 is 16.7 Å². The highest BCUT2D eigenvalue weighted by atomic mass is 32.2. The smallest absolute Gasteiger partial charge is 0.237 e. The second-order valence-electron chi connectivity index (χ2n) is 4.55. The summed E-state index contributed by atoms with van der Waals surface area (Å²) >= 11 is 0. The van der Waals surface area contributed by atoms with Crippen molar-refractivity contribution in [2.45, 2.75) is 33.4 Å². The molecule has 1 fully saturated rings. The highest BCUT2D eigenvalue weighted by molar-refractivity contribution is 7.84. The number of carbonyl (C=O) groups is 1. The fourth-order valence-corrected chi connectivity index (χ4v) is 2.56. The second-order valence-corrected chi connectivity index (χ2v) is 6.41. The molecule has 5 heteroatoms. The molecule has 1 rings (SSSR count). The lowest BCUT2D eigenvalue weighted by Gasteiger charge is -2.25. The van der Waals surface area contributed by atoms with Crippen molar-refractivity contribution in [3.8, 4) is 0 Å². The minimum atomic E-state index is -0.787. The van der Waals surface area contributed by atoms with Gasteiger partial charge in [-0.1, -0.05) is 20.8 Å². The first-order chi connectivity index (χ1) is 7.54. The average Bonchev–Trinajstić information content (AvgIpc) is 2.56. The first-order valence-corrected chi connectivity index (χ1v) is 7.41. The van der Waals surface area contributed by atoms with Crippen molar-refractivity contribution in [2.24, 2.45) is 5.92 Å². The number of hydrogen-bond acceptors (Lipinski definition) is 3. The number of nitrogens with zero attached hydrogens (tertiary/aromatic N) is 1. The standard InChI is InChI=1S/C11H22N2O2S/c1-4-16(15)6-5-13-10(7-9(2)3)12-8-11(13)14/h9-10,12H,4-8H2,1-3H3. The Morgan fingerprint density at radius 2 is 2.25 bits per heavy atom. The molecule has 0 aromatic heterocycles.